The maximum Gasteiger partial charge on any atom is 0.254 e. The molecule has 1 aliphatic heterocycles. The number of carbonyl (C=O) groups excluding carboxylic acids is 2. The molecule has 3 aromatic rings. The third kappa shape index (κ3) is 3.03. The number of aromatic nitrogens is 1. The summed E-state index contributed by atoms with van der Waals surface area (Å²) in [5.74, 6) is -0.449. The second-order valence-electron chi connectivity index (χ2n) is 8.93. The molecular weight excluding hydrogens is 422 g/mol. The van der Waals surface area contributed by atoms with E-state index >= 15 is 0 Å². The zero-order valence-electron chi connectivity index (χ0n) is 17.4. The van der Waals surface area contributed by atoms with E-state index in [0.717, 1.165) is 39.9 Å². The van der Waals surface area contributed by atoms with Gasteiger partial charge in [-0.05, 0) is 48.4 Å². The molecule has 0 spiro atoms. The molecule has 32 heavy (non-hydrogen) atoms. The summed E-state index contributed by atoms with van der Waals surface area (Å²) in [6.07, 6.45) is 9.89. The summed E-state index contributed by atoms with van der Waals surface area (Å²) < 4.78 is 2.15. The Morgan fingerprint density at radius 2 is 1.59 bits per heavy atom. The molecule has 1 aromatic heterocycles. The van der Waals surface area contributed by atoms with Crippen molar-refractivity contribution in [3.05, 3.63) is 83.0 Å². The maximum absolute atomic E-state index is 13.0. The van der Waals surface area contributed by atoms with Gasteiger partial charge in [0.15, 0.2) is 0 Å². The molecule has 1 saturated carbocycles. The Hall–Kier alpha value is -3.18. The number of hydrogen-bond acceptors (Lipinski definition) is 3. The highest BCUT2D eigenvalue weighted by Gasteiger charge is 2.56. The molecule has 1 saturated heterocycles. The van der Waals surface area contributed by atoms with E-state index in [1.165, 1.54) is 0 Å². The van der Waals surface area contributed by atoms with Crippen molar-refractivity contribution < 1.29 is 9.59 Å². The monoisotopic (exact) mass is 443 g/mol. The second kappa shape index (κ2) is 7.45. The lowest BCUT2D eigenvalue weighted by atomic mass is 9.63. The van der Waals surface area contributed by atoms with Crippen LogP contribution in [0.1, 0.15) is 24.0 Å². The number of nitrogens with zero attached hydrogens (tertiary/aromatic N) is 3. The molecule has 3 aliphatic carbocycles. The molecule has 4 atom stereocenters. The average molecular weight is 444 g/mol. The SMILES string of the molecule is O=C1[C@H]2[C@H](C(=O)N1/N=C\c1cn(Cc3ccc(Cl)cc3)c3ccccc13)[C@H]1C=C[C@H]2CC1. The van der Waals surface area contributed by atoms with Crippen LogP contribution in [0.15, 0.2) is 72.0 Å². The fourth-order valence-electron chi connectivity index (χ4n) is 5.59. The molecule has 4 aliphatic rings. The molecule has 6 heteroatoms. The van der Waals surface area contributed by atoms with E-state index in [1.54, 1.807) is 6.21 Å². The fraction of sp³-hybridized carbons (Fsp3) is 0.269. The predicted molar refractivity (Wildman–Crippen MR) is 124 cm³/mol. The Bertz CT molecular complexity index is 1260. The molecule has 2 aromatic carbocycles. The number of halogens is 1. The van der Waals surface area contributed by atoms with Gasteiger partial charge < -0.3 is 4.57 Å². The third-order valence-corrected chi connectivity index (χ3v) is 7.39. The number of para-hydroxylation sites is 1. The van der Waals surface area contributed by atoms with Crippen molar-refractivity contribution in [1.29, 1.82) is 0 Å². The highest BCUT2D eigenvalue weighted by Crippen LogP contribution is 2.49. The van der Waals surface area contributed by atoms with E-state index in [4.69, 9.17) is 11.6 Å². The number of amides is 2. The van der Waals surface area contributed by atoms with Gasteiger partial charge in [-0.1, -0.05) is 54.1 Å². The van der Waals surface area contributed by atoms with Crippen molar-refractivity contribution in [2.45, 2.75) is 19.4 Å². The van der Waals surface area contributed by atoms with E-state index in [-0.39, 0.29) is 35.5 Å². The number of benzene rings is 2. The molecule has 0 N–H and O–H groups in total. The van der Waals surface area contributed by atoms with Crippen molar-refractivity contribution >= 4 is 40.5 Å². The van der Waals surface area contributed by atoms with Crippen LogP contribution >= 0.6 is 11.6 Å². The number of hydrogen-bond donors (Lipinski definition) is 0. The molecule has 2 amide bonds. The number of hydrazone groups is 1. The number of rotatable bonds is 4. The average Bonchev–Trinajstić information content (AvgIpc) is 3.31. The topological polar surface area (TPSA) is 54.7 Å². The van der Waals surface area contributed by atoms with Crippen molar-refractivity contribution in [2.75, 3.05) is 0 Å². The summed E-state index contributed by atoms with van der Waals surface area (Å²) in [7, 11) is 0. The van der Waals surface area contributed by atoms with Crippen LogP contribution in [0.5, 0.6) is 0 Å². The summed E-state index contributed by atoms with van der Waals surface area (Å²) in [4.78, 5) is 26.1. The van der Waals surface area contributed by atoms with Crippen LogP contribution < -0.4 is 0 Å². The lowest BCUT2D eigenvalue weighted by Crippen LogP contribution is -2.38. The first kappa shape index (κ1) is 19.5. The van der Waals surface area contributed by atoms with Crippen molar-refractivity contribution in [2.24, 2.45) is 28.8 Å². The molecule has 2 bridgehead atoms. The van der Waals surface area contributed by atoms with Crippen molar-refractivity contribution in [3.63, 3.8) is 0 Å². The van der Waals surface area contributed by atoms with E-state index in [9.17, 15) is 9.59 Å². The smallest absolute Gasteiger partial charge is 0.254 e. The summed E-state index contributed by atoms with van der Waals surface area (Å²) >= 11 is 6.02. The normalized spacial score (nSPS) is 26.6. The van der Waals surface area contributed by atoms with Crippen LogP contribution in [0.3, 0.4) is 0 Å². The van der Waals surface area contributed by atoms with Crippen LogP contribution in [0.25, 0.3) is 10.9 Å². The highest BCUT2D eigenvalue weighted by molar-refractivity contribution is 6.30. The van der Waals surface area contributed by atoms with Gasteiger partial charge in [0.2, 0.25) is 0 Å². The quantitative estimate of drug-likeness (QED) is 0.328. The van der Waals surface area contributed by atoms with Crippen LogP contribution in [0.2, 0.25) is 5.02 Å². The van der Waals surface area contributed by atoms with Gasteiger partial charge in [0.05, 0.1) is 18.1 Å². The standard InChI is InChI=1S/C26H22ClN3O2/c27-20-11-5-16(6-12-20)14-29-15-19(21-3-1-2-4-22(21)29)13-28-30-25(31)23-17-7-8-18(10-9-17)24(23)26(30)32/h1-8,11-13,15,17-18,23-24H,9-10,14H2/b28-13-/t17-,18-,23+,24+/m0/s1. The molecule has 7 rings (SSSR count). The Labute approximate surface area is 191 Å². The molecule has 2 fully saturated rings. The number of fused-ring (bicyclic) bond motifs is 2. The Balaban J connectivity index is 1.32. The number of allylic oxidation sites excluding steroid dienone is 2. The van der Waals surface area contributed by atoms with Crippen LogP contribution in [-0.2, 0) is 16.1 Å². The first-order valence-corrected chi connectivity index (χ1v) is 11.4. The minimum absolute atomic E-state index is 0.153. The van der Waals surface area contributed by atoms with Gasteiger partial charge in [-0.25, -0.2) is 0 Å². The minimum Gasteiger partial charge on any atom is -0.342 e. The van der Waals surface area contributed by atoms with Crippen molar-refractivity contribution in [3.8, 4) is 0 Å². The van der Waals surface area contributed by atoms with Gasteiger partial charge in [-0.15, -0.1) is 0 Å². The van der Waals surface area contributed by atoms with Gasteiger partial charge in [-0.3, -0.25) is 9.59 Å². The van der Waals surface area contributed by atoms with Gasteiger partial charge in [0.25, 0.3) is 11.8 Å². The van der Waals surface area contributed by atoms with Gasteiger partial charge in [0.1, 0.15) is 0 Å². The highest BCUT2D eigenvalue weighted by atomic mass is 35.5. The zero-order chi connectivity index (χ0) is 21.8. The van der Waals surface area contributed by atoms with E-state index in [1.807, 2.05) is 48.7 Å². The molecular formula is C26H22ClN3O2. The lowest BCUT2D eigenvalue weighted by molar-refractivity contribution is -0.140. The Morgan fingerprint density at radius 3 is 2.25 bits per heavy atom. The Kier molecular flexibility index (Phi) is 4.54. The number of imide groups is 1. The first-order chi connectivity index (χ1) is 15.6. The first-order valence-electron chi connectivity index (χ1n) is 11.0. The predicted octanol–water partition coefficient (Wildman–Crippen LogP) is 4.87. The zero-order valence-corrected chi connectivity index (χ0v) is 18.2. The molecule has 160 valence electrons. The molecule has 2 heterocycles. The van der Waals surface area contributed by atoms with Crippen molar-refractivity contribution in [1.82, 2.24) is 9.58 Å². The molecule has 5 nitrogen and oxygen atoms in total. The van der Waals surface area contributed by atoms with E-state index < -0.39 is 0 Å². The lowest BCUT2D eigenvalue weighted by Gasteiger charge is -2.37. The van der Waals surface area contributed by atoms with Crippen LogP contribution in [0.4, 0.5) is 0 Å². The summed E-state index contributed by atoms with van der Waals surface area (Å²) in [6.45, 7) is 0.687. The fourth-order valence-corrected chi connectivity index (χ4v) is 5.71. The van der Waals surface area contributed by atoms with Gasteiger partial charge in [-0.2, -0.15) is 10.1 Å². The summed E-state index contributed by atoms with van der Waals surface area (Å²) in [5.41, 5.74) is 3.08. The van der Waals surface area contributed by atoms with E-state index in [0.29, 0.717) is 11.6 Å². The number of carbonyl (C=O) groups is 2. The third-order valence-electron chi connectivity index (χ3n) is 7.13. The summed E-state index contributed by atoms with van der Waals surface area (Å²) in [5, 5.41) is 7.28. The molecule has 0 radical (unpaired) electrons. The molecule has 0 unspecified atom stereocenters. The maximum atomic E-state index is 13.0. The van der Waals surface area contributed by atoms with Crippen LogP contribution in [-0.4, -0.2) is 27.6 Å². The minimum atomic E-state index is -0.241. The second-order valence-corrected chi connectivity index (χ2v) is 9.37. The Morgan fingerprint density at radius 1 is 0.938 bits per heavy atom. The van der Waals surface area contributed by atoms with E-state index in [2.05, 4.69) is 27.9 Å². The largest absolute Gasteiger partial charge is 0.342 e. The van der Waals surface area contributed by atoms with Crippen LogP contribution in [0, 0.1) is 23.7 Å². The van der Waals surface area contributed by atoms with Gasteiger partial charge >= 0.3 is 0 Å². The summed E-state index contributed by atoms with van der Waals surface area (Å²) in [6, 6.07) is 15.9. The van der Waals surface area contributed by atoms with Gasteiger partial charge in [0, 0.05) is 34.2 Å².